The van der Waals surface area contributed by atoms with E-state index in [4.69, 9.17) is 9.72 Å². The third-order valence-electron chi connectivity index (χ3n) is 14.2. The van der Waals surface area contributed by atoms with E-state index >= 15 is 0 Å². The molecule has 0 spiro atoms. The number of aromatic nitrogens is 4. The molecule has 8 aromatic carbocycles. The van der Waals surface area contributed by atoms with E-state index in [-0.39, 0.29) is 31.9 Å². The summed E-state index contributed by atoms with van der Waals surface area (Å²) in [5, 5.41) is 2.20. The molecule has 11 rings (SSSR count). The van der Waals surface area contributed by atoms with Crippen LogP contribution in [-0.2, 0) is 37.3 Å². The monoisotopic (exact) mass is 1120 g/mol. The van der Waals surface area contributed by atoms with E-state index in [9.17, 15) is 0 Å². The van der Waals surface area contributed by atoms with Crippen LogP contribution in [0.25, 0.3) is 61.3 Å². The SMILES string of the molecule is CC(C)(C)c1ccnc(-n2c3[c-]c(Oc4[c-]c(-n5[c-][n+](-c6cc(-c7ccccc7)cc(C(C)(C)c7ccccc7)c6)c(C(C)(C)c6ccccc6)c5)cc(-c5ccccc5)c4)ccc3c3ccccc32)c1.[Pt]. The maximum Gasteiger partial charge on any atom is 0.267 e. The number of fused-ring (bicyclic) bond motifs is 3. The molecule has 0 saturated carbocycles. The second kappa shape index (κ2) is 19.2. The van der Waals surface area contributed by atoms with Gasteiger partial charge in [0.1, 0.15) is 5.82 Å². The average molecular weight is 1120 g/mol. The van der Waals surface area contributed by atoms with Crippen molar-refractivity contribution < 1.29 is 30.4 Å². The molecular weight excluding hydrogens is 1060 g/mol. The van der Waals surface area contributed by atoms with Crippen LogP contribution in [0.15, 0.2) is 213 Å². The first-order chi connectivity index (χ1) is 34.3. The van der Waals surface area contributed by atoms with Gasteiger partial charge in [0, 0.05) is 61.3 Å². The maximum absolute atomic E-state index is 6.91. The minimum atomic E-state index is -0.443. The molecule has 0 N–H and O–H groups in total. The smallest absolute Gasteiger partial charge is 0.267 e. The van der Waals surface area contributed by atoms with Crippen molar-refractivity contribution in [3.8, 4) is 50.9 Å². The quantitative estimate of drug-likeness (QED) is 0.0956. The summed E-state index contributed by atoms with van der Waals surface area (Å²) in [6.45, 7) is 15.9. The first-order valence-electron chi connectivity index (χ1n) is 24.4. The molecule has 0 aliphatic rings. The zero-order valence-electron chi connectivity index (χ0n) is 41.7. The van der Waals surface area contributed by atoms with Gasteiger partial charge in [-0.15, -0.1) is 35.2 Å². The molecule has 0 bridgehead atoms. The van der Waals surface area contributed by atoms with E-state index in [1.54, 1.807) is 0 Å². The number of para-hydroxylation sites is 1. The predicted octanol–water partition coefficient (Wildman–Crippen LogP) is 15.7. The zero-order valence-corrected chi connectivity index (χ0v) is 44.0. The molecule has 0 atom stereocenters. The van der Waals surface area contributed by atoms with Crippen LogP contribution in [0.1, 0.15) is 76.4 Å². The van der Waals surface area contributed by atoms with Crippen molar-refractivity contribution in [3.05, 3.63) is 259 Å². The summed E-state index contributed by atoms with van der Waals surface area (Å²) in [5.41, 5.74) is 13.2. The van der Waals surface area contributed by atoms with Crippen molar-refractivity contribution in [3.63, 3.8) is 0 Å². The molecule has 3 heterocycles. The van der Waals surface area contributed by atoms with Crippen molar-refractivity contribution in [2.24, 2.45) is 0 Å². The average Bonchev–Trinajstić information content (AvgIpc) is 4.00. The van der Waals surface area contributed by atoms with E-state index in [0.717, 1.165) is 66.9 Å². The number of hydrogen-bond donors (Lipinski definition) is 0. The van der Waals surface area contributed by atoms with E-state index in [2.05, 4.69) is 275 Å². The van der Waals surface area contributed by atoms with Gasteiger partial charge in [-0.1, -0.05) is 200 Å². The topological polar surface area (TPSA) is 35.9 Å². The van der Waals surface area contributed by atoms with Crippen LogP contribution < -0.4 is 9.30 Å². The molecule has 0 aliphatic heterocycles. The Bertz CT molecular complexity index is 3700. The van der Waals surface area contributed by atoms with Crippen molar-refractivity contribution >= 4 is 21.8 Å². The molecule has 6 heteroatoms. The third-order valence-corrected chi connectivity index (χ3v) is 14.2. The van der Waals surface area contributed by atoms with Crippen molar-refractivity contribution in [1.29, 1.82) is 0 Å². The van der Waals surface area contributed by atoms with Gasteiger partial charge >= 0.3 is 0 Å². The Hall–Kier alpha value is -7.59. The number of hydrogen-bond acceptors (Lipinski definition) is 2. The van der Waals surface area contributed by atoms with Crippen LogP contribution in [0.4, 0.5) is 0 Å². The number of imidazole rings is 1. The maximum atomic E-state index is 6.91. The van der Waals surface area contributed by atoms with Gasteiger partial charge in [0.05, 0.1) is 11.4 Å². The fraction of sp³-hybridized carbons (Fsp3) is 0.152. The number of benzene rings is 8. The van der Waals surface area contributed by atoms with E-state index in [1.165, 1.54) is 22.3 Å². The van der Waals surface area contributed by atoms with Crippen LogP contribution in [-0.4, -0.2) is 14.1 Å². The fourth-order valence-electron chi connectivity index (χ4n) is 9.86. The normalized spacial score (nSPS) is 12.0. The molecule has 358 valence electrons. The van der Waals surface area contributed by atoms with E-state index in [1.807, 2.05) is 18.3 Å². The summed E-state index contributed by atoms with van der Waals surface area (Å²) in [7, 11) is 0. The Kier molecular flexibility index (Phi) is 12.8. The van der Waals surface area contributed by atoms with Crippen LogP contribution in [0.5, 0.6) is 11.5 Å². The Morgan fingerprint density at radius 1 is 0.486 bits per heavy atom. The van der Waals surface area contributed by atoms with Crippen LogP contribution in [0.2, 0.25) is 0 Å². The van der Waals surface area contributed by atoms with E-state index < -0.39 is 5.41 Å². The number of pyridine rings is 1. The Morgan fingerprint density at radius 2 is 1.08 bits per heavy atom. The van der Waals surface area contributed by atoms with Gasteiger partial charge < -0.3 is 13.9 Å². The molecule has 5 nitrogen and oxygen atoms in total. The van der Waals surface area contributed by atoms with Gasteiger partial charge in [-0.05, 0) is 85.8 Å². The van der Waals surface area contributed by atoms with Crippen molar-refractivity contribution in [2.45, 2.75) is 64.7 Å². The number of rotatable bonds is 11. The largest absolute Gasteiger partial charge is 0.510 e. The summed E-state index contributed by atoms with van der Waals surface area (Å²) >= 11 is 0. The standard InChI is InChI=1S/C66H56N4O.Pt/c1-64(2,3)52-34-35-67-63(41-52)70-60-31-21-20-30-58(60)59-33-32-56(43-61(59)70)71-57-39-49(47-24-14-9-15-25-47)37-54(42-57)68-44-62(66(6,7)51-28-18-11-19-29-51)69(45-68)55-38-48(46-22-12-8-13-23-46)36-53(40-55)65(4,5)50-26-16-10-17-27-50;/h8-41,44H,1-7H3;/q-2;. The second-order valence-electron chi connectivity index (χ2n) is 20.6. The van der Waals surface area contributed by atoms with Crippen LogP contribution in [0.3, 0.4) is 0 Å². The molecular formula is C66H56N4OPt-2. The van der Waals surface area contributed by atoms with Crippen molar-refractivity contribution in [2.75, 3.05) is 0 Å². The van der Waals surface area contributed by atoms with E-state index in [0.29, 0.717) is 11.5 Å². The molecule has 0 amide bonds. The fourth-order valence-corrected chi connectivity index (χ4v) is 9.86. The molecule has 72 heavy (non-hydrogen) atoms. The summed E-state index contributed by atoms with van der Waals surface area (Å²) in [6.07, 6.45) is 7.98. The molecule has 0 saturated heterocycles. The predicted molar refractivity (Wildman–Crippen MR) is 289 cm³/mol. The third kappa shape index (κ3) is 9.15. The zero-order chi connectivity index (χ0) is 48.9. The summed E-state index contributed by atoms with van der Waals surface area (Å²) in [5.74, 6) is 1.97. The Balaban J connectivity index is 0.00000596. The first-order valence-corrected chi connectivity index (χ1v) is 24.4. The number of ether oxygens (including phenoxy) is 1. The molecule has 11 aromatic rings. The minimum Gasteiger partial charge on any atom is -0.510 e. The van der Waals surface area contributed by atoms with Gasteiger partial charge in [0.15, 0.2) is 0 Å². The van der Waals surface area contributed by atoms with Gasteiger partial charge in [-0.25, -0.2) is 4.98 Å². The van der Waals surface area contributed by atoms with Gasteiger partial charge in [-0.2, -0.15) is 12.1 Å². The van der Waals surface area contributed by atoms with Crippen LogP contribution in [0, 0.1) is 18.5 Å². The molecule has 0 radical (unpaired) electrons. The summed E-state index contributed by atoms with van der Waals surface area (Å²) in [4.78, 5) is 4.91. The Morgan fingerprint density at radius 3 is 1.74 bits per heavy atom. The van der Waals surface area contributed by atoms with Gasteiger partial charge in [0.2, 0.25) is 0 Å². The van der Waals surface area contributed by atoms with Crippen molar-refractivity contribution in [1.82, 2.24) is 14.1 Å². The minimum absolute atomic E-state index is 0. The second-order valence-corrected chi connectivity index (χ2v) is 20.6. The molecule has 3 aromatic heterocycles. The van der Waals surface area contributed by atoms with Crippen LogP contribution >= 0.6 is 0 Å². The first kappa shape index (κ1) is 48.1. The summed E-state index contributed by atoms with van der Waals surface area (Å²) in [6, 6.07) is 78.1. The number of nitrogens with zero attached hydrogens (tertiary/aromatic N) is 4. The molecule has 0 fully saturated rings. The van der Waals surface area contributed by atoms with Gasteiger partial charge in [0.25, 0.3) is 6.33 Å². The summed E-state index contributed by atoms with van der Waals surface area (Å²) < 4.78 is 13.4. The van der Waals surface area contributed by atoms with Gasteiger partial charge in [-0.3, -0.25) is 4.57 Å². The molecule has 0 unspecified atom stereocenters. The Labute approximate surface area is 438 Å². The molecule has 0 aliphatic carbocycles.